The zero-order chi connectivity index (χ0) is 18.5. The lowest BCUT2D eigenvalue weighted by molar-refractivity contribution is 0.134. The maximum absolute atomic E-state index is 8.89. The highest BCUT2D eigenvalue weighted by molar-refractivity contribution is 5.31. The first kappa shape index (κ1) is 17.9. The van der Waals surface area contributed by atoms with Crippen LogP contribution < -0.4 is 4.74 Å². The van der Waals surface area contributed by atoms with Gasteiger partial charge in [-0.05, 0) is 80.8 Å². The number of piperidine rings is 1. The summed E-state index contributed by atoms with van der Waals surface area (Å²) < 4.78 is 5.97. The van der Waals surface area contributed by atoms with Crippen LogP contribution >= 0.6 is 0 Å². The molecule has 0 bridgehead atoms. The van der Waals surface area contributed by atoms with Crippen LogP contribution in [-0.2, 0) is 19.4 Å². The van der Waals surface area contributed by atoms with Gasteiger partial charge in [0.1, 0.15) is 0 Å². The average molecular weight is 362 g/mol. The molecule has 0 saturated carbocycles. The van der Waals surface area contributed by atoms with Crippen LogP contribution in [0.5, 0.6) is 5.88 Å². The van der Waals surface area contributed by atoms with Gasteiger partial charge in [-0.3, -0.25) is 4.90 Å². The van der Waals surface area contributed by atoms with Gasteiger partial charge in [0.05, 0.1) is 23.9 Å². The maximum atomic E-state index is 8.89. The van der Waals surface area contributed by atoms with Crippen molar-refractivity contribution >= 4 is 0 Å². The van der Waals surface area contributed by atoms with Crippen LogP contribution in [0.2, 0.25) is 0 Å². The van der Waals surface area contributed by atoms with Crippen molar-refractivity contribution in [3.8, 4) is 11.9 Å². The Morgan fingerprint density at radius 1 is 1.07 bits per heavy atom. The fourth-order valence-corrected chi connectivity index (χ4v) is 4.00. The molecule has 1 aromatic heterocycles. The molecule has 2 heterocycles. The molecule has 1 fully saturated rings. The first-order valence-electron chi connectivity index (χ1n) is 10.00. The van der Waals surface area contributed by atoms with Gasteiger partial charge in [-0.1, -0.05) is 12.1 Å². The van der Waals surface area contributed by atoms with E-state index in [-0.39, 0.29) is 0 Å². The lowest BCUT2D eigenvalue weighted by Gasteiger charge is -2.31. The van der Waals surface area contributed by atoms with Crippen molar-refractivity contribution < 1.29 is 4.74 Å². The summed E-state index contributed by atoms with van der Waals surface area (Å²) in [5, 5.41) is 17.5. The molecule has 5 nitrogen and oxygen atoms in total. The van der Waals surface area contributed by atoms with Gasteiger partial charge in [0, 0.05) is 12.6 Å². The molecule has 0 spiro atoms. The van der Waals surface area contributed by atoms with Gasteiger partial charge in [-0.25, -0.2) is 0 Å². The van der Waals surface area contributed by atoms with E-state index in [0.717, 1.165) is 63.2 Å². The number of likely N-dealkylation sites (tertiary alicyclic amines) is 1. The first-order chi connectivity index (χ1) is 13.3. The van der Waals surface area contributed by atoms with Crippen LogP contribution in [0.3, 0.4) is 0 Å². The summed E-state index contributed by atoms with van der Waals surface area (Å²) in [6, 6.07) is 12.2. The third-order valence-electron chi connectivity index (χ3n) is 5.71. The highest BCUT2D eigenvalue weighted by atomic mass is 16.5. The molecule has 2 aliphatic rings. The summed E-state index contributed by atoms with van der Waals surface area (Å²) in [6.45, 7) is 3.86. The van der Waals surface area contributed by atoms with E-state index in [1.54, 1.807) is 0 Å². The minimum atomic E-state index is 0.583. The molecule has 1 saturated heterocycles. The number of fused-ring (bicyclic) bond motifs is 1. The topological polar surface area (TPSA) is 62.0 Å². The van der Waals surface area contributed by atoms with Crippen LogP contribution in [0.25, 0.3) is 0 Å². The van der Waals surface area contributed by atoms with Gasteiger partial charge in [0.25, 0.3) is 0 Å². The van der Waals surface area contributed by atoms with E-state index >= 15 is 0 Å². The Kier molecular flexibility index (Phi) is 5.64. The Labute approximate surface area is 161 Å². The number of rotatable bonds is 5. The van der Waals surface area contributed by atoms with Crippen molar-refractivity contribution in [1.29, 1.82) is 5.26 Å². The van der Waals surface area contributed by atoms with Gasteiger partial charge in [-0.2, -0.15) is 10.4 Å². The molecule has 1 aliphatic heterocycles. The van der Waals surface area contributed by atoms with E-state index < -0.39 is 0 Å². The molecule has 27 heavy (non-hydrogen) atoms. The lowest BCUT2D eigenvalue weighted by atomic mass is 9.96. The maximum Gasteiger partial charge on any atom is 0.233 e. The van der Waals surface area contributed by atoms with E-state index in [9.17, 15) is 0 Å². The molecule has 1 aliphatic carbocycles. The molecule has 0 amide bonds. The standard InChI is InChI=1S/C22H26N4O/c23-14-17-5-7-18(8-6-17)15-26-11-9-19(10-12-26)16-27-22-13-20-3-1-2-4-21(20)24-25-22/h5-8,13,19H,1-4,9-12,15-16H2. The van der Waals surface area contributed by atoms with Crippen molar-refractivity contribution in [2.45, 2.75) is 45.1 Å². The van der Waals surface area contributed by atoms with E-state index in [4.69, 9.17) is 10.00 Å². The second-order valence-electron chi connectivity index (χ2n) is 7.70. The fraction of sp³-hybridized carbons (Fsp3) is 0.500. The minimum absolute atomic E-state index is 0.583. The third kappa shape index (κ3) is 4.64. The Morgan fingerprint density at radius 2 is 1.85 bits per heavy atom. The normalized spacial score (nSPS) is 17.9. The van der Waals surface area contributed by atoms with E-state index in [0.29, 0.717) is 11.8 Å². The number of benzene rings is 1. The van der Waals surface area contributed by atoms with Gasteiger partial charge in [0.2, 0.25) is 5.88 Å². The van der Waals surface area contributed by atoms with Crippen LogP contribution in [0.4, 0.5) is 0 Å². The Hall–Kier alpha value is -2.45. The van der Waals surface area contributed by atoms with Crippen molar-refractivity contribution in [2.24, 2.45) is 5.92 Å². The summed E-state index contributed by atoms with van der Waals surface area (Å²) in [7, 11) is 0. The lowest BCUT2D eigenvalue weighted by Crippen LogP contribution is -2.35. The number of ether oxygens (including phenoxy) is 1. The number of aromatic nitrogens is 2. The van der Waals surface area contributed by atoms with Gasteiger partial charge in [0.15, 0.2) is 0 Å². The molecule has 2 aromatic rings. The second kappa shape index (κ2) is 8.49. The highest BCUT2D eigenvalue weighted by Crippen LogP contribution is 2.23. The number of nitrogens with zero attached hydrogens (tertiary/aromatic N) is 4. The fourth-order valence-electron chi connectivity index (χ4n) is 4.00. The largest absolute Gasteiger partial charge is 0.476 e. The quantitative estimate of drug-likeness (QED) is 0.814. The molecule has 140 valence electrons. The van der Waals surface area contributed by atoms with Crippen LogP contribution in [-0.4, -0.2) is 34.8 Å². The van der Waals surface area contributed by atoms with E-state index in [1.165, 1.54) is 24.0 Å². The molecule has 5 heteroatoms. The van der Waals surface area contributed by atoms with Crippen molar-refractivity contribution in [3.05, 3.63) is 52.7 Å². The average Bonchev–Trinajstić information content (AvgIpc) is 2.74. The predicted molar refractivity (Wildman–Crippen MR) is 103 cm³/mol. The Morgan fingerprint density at radius 3 is 2.63 bits per heavy atom. The molecule has 0 radical (unpaired) electrons. The summed E-state index contributed by atoms with van der Waals surface area (Å²) in [6.07, 6.45) is 6.93. The summed E-state index contributed by atoms with van der Waals surface area (Å²) >= 11 is 0. The van der Waals surface area contributed by atoms with Crippen molar-refractivity contribution in [1.82, 2.24) is 15.1 Å². The molecule has 1 aromatic carbocycles. The number of aryl methyl sites for hydroxylation is 2. The van der Waals surface area contributed by atoms with Crippen LogP contribution in [0.15, 0.2) is 30.3 Å². The van der Waals surface area contributed by atoms with E-state index in [1.807, 2.05) is 12.1 Å². The van der Waals surface area contributed by atoms with Gasteiger partial charge in [-0.15, -0.1) is 5.10 Å². The summed E-state index contributed by atoms with van der Waals surface area (Å²) in [5.74, 6) is 1.27. The molecule has 0 N–H and O–H groups in total. The van der Waals surface area contributed by atoms with Crippen molar-refractivity contribution in [2.75, 3.05) is 19.7 Å². The number of hydrogen-bond acceptors (Lipinski definition) is 5. The predicted octanol–water partition coefficient (Wildman–Crippen LogP) is 3.52. The SMILES string of the molecule is N#Cc1ccc(CN2CCC(COc3cc4c(nn3)CCCC4)CC2)cc1. The molecule has 4 rings (SSSR count). The van der Waals surface area contributed by atoms with Crippen LogP contribution in [0.1, 0.15) is 48.1 Å². The zero-order valence-electron chi connectivity index (χ0n) is 15.7. The number of nitriles is 1. The zero-order valence-corrected chi connectivity index (χ0v) is 15.7. The first-order valence-corrected chi connectivity index (χ1v) is 10.00. The second-order valence-corrected chi connectivity index (χ2v) is 7.70. The third-order valence-corrected chi connectivity index (χ3v) is 5.71. The minimum Gasteiger partial charge on any atom is -0.476 e. The monoisotopic (exact) mass is 362 g/mol. The summed E-state index contributed by atoms with van der Waals surface area (Å²) in [4.78, 5) is 2.48. The van der Waals surface area contributed by atoms with Crippen molar-refractivity contribution in [3.63, 3.8) is 0 Å². The molecule has 0 unspecified atom stereocenters. The molecular weight excluding hydrogens is 336 g/mol. The smallest absolute Gasteiger partial charge is 0.233 e. The summed E-state index contributed by atoms with van der Waals surface area (Å²) in [5.41, 5.74) is 4.47. The van der Waals surface area contributed by atoms with Gasteiger partial charge < -0.3 is 4.74 Å². The molecule has 0 atom stereocenters. The number of hydrogen-bond donors (Lipinski definition) is 0. The Bertz CT molecular complexity index is 804. The van der Waals surface area contributed by atoms with Gasteiger partial charge >= 0.3 is 0 Å². The van der Waals surface area contributed by atoms with Crippen LogP contribution in [0, 0.1) is 17.2 Å². The van der Waals surface area contributed by atoms with E-state index in [2.05, 4.69) is 39.4 Å². The molecular formula is C22H26N4O. The highest BCUT2D eigenvalue weighted by Gasteiger charge is 2.20. The Balaban J connectivity index is 1.23.